The highest BCUT2D eigenvalue weighted by molar-refractivity contribution is 7.14. The maximum absolute atomic E-state index is 12.4. The predicted octanol–water partition coefficient (Wildman–Crippen LogP) is 1.47. The van der Waals surface area contributed by atoms with Crippen LogP contribution in [0, 0.1) is 11.8 Å². The lowest BCUT2D eigenvalue weighted by Gasteiger charge is -2.34. The molecule has 1 aromatic rings. The van der Waals surface area contributed by atoms with Gasteiger partial charge in [-0.25, -0.2) is 0 Å². The van der Waals surface area contributed by atoms with Crippen LogP contribution in [0.4, 0.5) is 0 Å². The van der Waals surface area contributed by atoms with Gasteiger partial charge >= 0.3 is 0 Å². The molecule has 0 radical (unpaired) electrons. The van der Waals surface area contributed by atoms with Crippen molar-refractivity contribution < 1.29 is 15.0 Å². The first kappa shape index (κ1) is 15.0. The molecule has 0 aliphatic heterocycles. The Morgan fingerprint density at radius 1 is 1.45 bits per heavy atom. The van der Waals surface area contributed by atoms with Crippen LogP contribution in [-0.2, 0) is 0 Å². The maximum atomic E-state index is 12.4. The number of carbonyl (C=O) groups excluding carboxylic acids is 1. The molecule has 0 spiro atoms. The van der Waals surface area contributed by atoms with Gasteiger partial charge in [0.1, 0.15) is 6.61 Å². The van der Waals surface area contributed by atoms with E-state index in [4.69, 9.17) is 5.11 Å². The third-order valence-electron chi connectivity index (χ3n) is 3.62. The first-order valence-corrected chi connectivity index (χ1v) is 7.60. The zero-order valence-corrected chi connectivity index (χ0v) is 12.3. The van der Waals surface area contributed by atoms with Gasteiger partial charge in [0.05, 0.1) is 21.9 Å². The van der Waals surface area contributed by atoms with Crippen molar-refractivity contribution in [3.8, 4) is 11.8 Å². The van der Waals surface area contributed by atoms with Crippen LogP contribution in [0.15, 0.2) is 12.1 Å². The van der Waals surface area contributed by atoms with Crippen molar-refractivity contribution >= 4 is 17.2 Å². The summed E-state index contributed by atoms with van der Waals surface area (Å²) in [5.74, 6) is 5.29. The van der Waals surface area contributed by atoms with E-state index in [-0.39, 0.29) is 18.6 Å². The summed E-state index contributed by atoms with van der Waals surface area (Å²) in [6.07, 6.45) is 3.27. The van der Waals surface area contributed by atoms with Crippen LogP contribution in [-0.4, -0.2) is 46.8 Å². The Balaban J connectivity index is 2.08. The topological polar surface area (TPSA) is 60.8 Å². The molecule has 2 N–H and O–H groups in total. The summed E-state index contributed by atoms with van der Waals surface area (Å²) in [7, 11) is 1.75. The smallest absolute Gasteiger partial charge is 0.264 e. The number of amides is 1. The molecule has 0 bridgehead atoms. The number of likely N-dealkylation sites (N-methyl/N-ethyl adjacent to an activating group) is 1. The monoisotopic (exact) mass is 293 g/mol. The molecule has 1 amide bonds. The highest BCUT2D eigenvalue weighted by Crippen LogP contribution is 2.25. The lowest BCUT2D eigenvalue weighted by atomic mass is 9.91. The molecular formula is C15H19NO3S. The Morgan fingerprint density at radius 2 is 2.20 bits per heavy atom. The van der Waals surface area contributed by atoms with Crippen molar-refractivity contribution in [1.29, 1.82) is 0 Å². The fraction of sp³-hybridized carbons (Fsp3) is 0.533. The lowest BCUT2D eigenvalue weighted by molar-refractivity contribution is 0.0271. The Bertz CT molecular complexity index is 529. The lowest BCUT2D eigenvalue weighted by Crippen LogP contribution is -2.46. The Hall–Kier alpha value is -1.35. The van der Waals surface area contributed by atoms with E-state index in [1.165, 1.54) is 11.3 Å². The summed E-state index contributed by atoms with van der Waals surface area (Å²) in [4.78, 5) is 15.4. The number of hydrogen-bond acceptors (Lipinski definition) is 4. The average molecular weight is 293 g/mol. The summed E-state index contributed by atoms with van der Waals surface area (Å²) in [6.45, 7) is -0.185. The summed E-state index contributed by atoms with van der Waals surface area (Å²) < 4.78 is 0. The second-order valence-electron chi connectivity index (χ2n) is 4.96. The molecule has 1 aromatic heterocycles. The number of thiophene rings is 1. The van der Waals surface area contributed by atoms with E-state index in [9.17, 15) is 9.90 Å². The van der Waals surface area contributed by atoms with E-state index in [0.717, 1.165) is 30.6 Å². The summed E-state index contributed by atoms with van der Waals surface area (Å²) in [5.41, 5.74) is 0. The maximum Gasteiger partial charge on any atom is 0.264 e. The van der Waals surface area contributed by atoms with Gasteiger partial charge in [-0.3, -0.25) is 4.79 Å². The molecule has 2 unspecified atom stereocenters. The second-order valence-corrected chi connectivity index (χ2v) is 6.04. The van der Waals surface area contributed by atoms with Crippen LogP contribution in [0.5, 0.6) is 0 Å². The standard InChI is InChI=1S/C15H19NO3S/c1-16(12-6-2-3-7-13(12)18)15(19)14-9-8-11(20-14)5-4-10-17/h8-9,12-13,17-18H,2-3,6-7,10H2,1H3. The fourth-order valence-electron chi connectivity index (χ4n) is 2.51. The molecule has 1 saturated carbocycles. The molecule has 5 heteroatoms. The zero-order chi connectivity index (χ0) is 14.5. The van der Waals surface area contributed by atoms with Crippen LogP contribution in [0.1, 0.15) is 40.2 Å². The van der Waals surface area contributed by atoms with Gasteiger partial charge in [-0.05, 0) is 25.0 Å². The van der Waals surface area contributed by atoms with Gasteiger partial charge in [0.25, 0.3) is 5.91 Å². The number of hydrogen-bond donors (Lipinski definition) is 2. The molecule has 1 aliphatic rings. The van der Waals surface area contributed by atoms with E-state index in [0.29, 0.717) is 4.88 Å². The normalized spacial score (nSPS) is 21.9. The third-order valence-corrected chi connectivity index (χ3v) is 4.61. The van der Waals surface area contributed by atoms with Crippen molar-refractivity contribution in [3.05, 3.63) is 21.9 Å². The first-order chi connectivity index (χ1) is 9.63. The molecule has 2 atom stereocenters. The molecule has 0 aromatic carbocycles. The van der Waals surface area contributed by atoms with E-state index in [2.05, 4.69) is 11.8 Å². The predicted molar refractivity (Wildman–Crippen MR) is 78.6 cm³/mol. The van der Waals surface area contributed by atoms with Crippen LogP contribution in [0.3, 0.4) is 0 Å². The van der Waals surface area contributed by atoms with E-state index in [1.54, 1.807) is 24.1 Å². The van der Waals surface area contributed by atoms with E-state index < -0.39 is 6.10 Å². The average Bonchev–Trinajstić information content (AvgIpc) is 2.93. The highest BCUT2D eigenvalue weighted by atomic mass is 32.1. The summed E-state index contributed by atoms with van der Waals surface area (Å²) >= 11 is 1.32. The largest absolute Gasteiger partial charge is 0.391 e. The van der Waals surface area contributed by atoms with Gasteiger partial charge in [-0.1, -0.05) is 24.7 Å². The molecular weight excluding hydrogens is 274 g/mol. The van der Waals surface area contributed by atoms with Crippen molar-refractivity contribution in [3.63, 3.8) is 0 Å². The molecule has 108 valence electrons. The molecule has 0 saturated heterocycles. The van der Waals surface area contributed by atoms with Gasteiger partial charge in [-0.15, -0.1) is 11.3 Å². The van der Waals surface area contributed by atoms with Gasteiger partial charge in [0.15, 0.2) is 0 Å². The Labute approximate surface area is 123 Å². The number of carbonyl (C=O) groups is 1. The van der Waals surface area contributed by atoms with Gasteiger partial charge in [0.2, 0.25) is 0 Å². The SMILES string of the molecule is CN(C(=O)c1ccc(C#CCO)s1)C1CCCCC1O. The molecule has 1 fully saturated rings. The van der Waals surface area contributed by atoms with Crippen molar-refractivity contribution in [2.75, 3.05) is 13.7 Å². The number of aliphatic hydroxyl groups excluding tert-OH is 2. The van der Waals surface area contributed by atoms with Gasteiger partial charge < -0.3 is 15.1 Å². The minimum atomic E-state index is -0.425. The Morgan fingerprint density at radius 3 is 2.90 bits per heavy atom. The first-order valence-electron chi connectivity index (χ1n) is 6.78. The second kappa shape index (κ2) is 6.89. The van der Waals surface area contributed by atoms with Crippen molar-refractivity contribution in [2.45, 2.75) is 37.8 Å². The minimum Gasteiger partial charge on any atom is -0.391 e. The van der Waals surface area contributed by atoms with Crippen LogP contribution in [0.25, 0.3) is 0 Å². The molecule has 1 heterocycles. The molecule has 2 rings (SSSR count). The van der Waals surface area contributed by atoms with Gasteiger partial charge in [-0.2, -0.15) is 0 Å². The molecule has 20 heavy (non-hydrogen) atoms. The Kier molecular flexibility index (Phi) is 5.18. The number of aliphatic hydroxyl groups is 2. The van der Waals surface area contributed by atoms with Crippen LogP contribution >= 0.6 is 11.3 Å². The highest BCUT2D eigenvalue weighted by Gasteiger charge is 2.30. The van der Waals surface area contributed by atoms with E-state index >= 15 is 0 Å². The quantitative estimate of drug-likeness (QED) is 0.812. The molecule has 1 aliphatic carbocycles. The van der Waals surface area contributed by atoms with Gasteiger partial charge in [0, 0.05) is 7.05 Å². The number of rotatable bonds is 2. The van der Waals surface area contributed by atoms with Crippen LogP contribution in [0.2, 0.25) is 0 Å². The zero-order valence-electron chi connectivity index (χ0n) is 11.5. The number of nitrogens with zero attached hydrogens (tertiary/aromatic N) is 1. The van der Waals surface area contributed by atoms with Crippen LogP contribution < -0.4 is 0 Å². The summed E-state index contributed by atoms with van der Waals surface area (Å²) in [6, 6.07) is 3.44. The minimum absolute atomic E-state index is 0.0713. The third kappa shape index (κ3) is 3.40. The fourth-order valence-corrected chi connectivity index (χ4v) is 3.38. The molecule has 4 nitrogen and oxygen atoms in total. The van der Waals surface area contributed by atoms with Crippen molar-refractivity contribution in [2.24, 2.45) is 0 Å². The van der Waals surface area contributed by atoms with Crippen molar-refractivity contribution in [1.82, 2.24) is 4.90 Å². The van der Waals surface area contributed by atoms with E-state index in [1.807, 2.05) is 0 Å². The summed E-state index contributed by atoms with van der Waals surface area (Å²) in [5, 5.41) is 18.7.